The molecule has 2 heterocycles. The molecule has 1 aromatic heterocycles. The molecule has 0 aliphatic carbocycles. The second-order valence-corrected chi connectivity index (χ2v) is 6.42. The predicted octanol–water partition coefficient (Wildman–Crippen LogP) is 2.34. The van der Waals surface area contributed by atoms with E-state index in [9.17, 15) is 9.59 Å². The van der Waals surface area contributed by atoms with Crippen molar-refractivity contribution in [2.24, 2.45) is 5.73 Å². The van der Waals surface area contributed by atoms with Crippen LogP contribution in [-0.2, 0) is 17.8 Å². The first-order chi connectivity index (χ1) is 12.1. The Hall–Kier alpha value is -2.02. The molecule has 3 rings (SSSR count). The molecule has 2 aromatic rings. The molecular weight excluding hydrogens is 377 g/mol. The lowest BCUT2D eigenvalue weighted by Crippen LogP contribution is -2.50. The van der Waals surface area contributed by atoms with Crippen LogP contribution >= 0.6 is 24.0 Å². The fraction of sp³-hybridized carbons (Fsp3) is 0.333. The molecule has 0 spiro atoms. The number of halogens is 2. The number of carbonyl (C=O) groups is 2. The van der Waals surface area contributed by atoms with Crippen molar-refractivity contribution in [3.05, 3.63) is 58.5 Å². The van der Waals surface area contributed by atoms with Gasteiger partial charge in [0.05, 0.1) is 18.5 Å². The van der Waals surface area contributed by atoms with Crippen molar-refractivity contribution >= 4 is 35.8 Å². The molecule has 0 atom stereocenters. The molecule has 140 valence electrons. The summed E-state index contributed by atoms with van der Waals surface area (Å²) in [6, 6.07) is 8.94. The summed E-state index contributed by atoms with van der Waals surface area (Å²) in [6.45, 7) is 2.34. The lowest BCUT2D eigenvalue weighted by atomic mass is 10.1. The number of rotatable bonds is 4. The van der Waals surface area contributed by atoms with Gasteiger partial charge in [0, 0.05) is 31.2 Å². The van der Waals surface area contributed by atoms with Crippen LogP contribution in [0.1, 0.15) is 21.7 Å². The lowest BCUT2D eigenvalue weighted by Gasteiger charge is -2.34. The first kappa shape index (κ1) is 20.3. The summed E-state index contributed by atoms with van der Waals surface area (Å²) >= 11 is 5.86. The highest BCUT2D eigenvalue weighted by Gasteiger charge is 2.25. The van der Waals surface area contributed by atoms with E-state index in [-0.39, 0.29) is 30.8 Å². The molecule has 1 aromatic carbocycles. The van der Waals surface area contributed by atoms with Crippen molar-refractivity contribution in [1.82, 2.24) is 9.80 Å². The minimum Gasteiger partial charge on any atom is -0.467 e. The number of furan rings is 1. The molecule has 0 unspecified atom stereocenters. The van der Waals surface area contributed by atoms with Crippen LogP contribution in [0, 0.1) is 0 Å². The number of nitrogens with zero attached hydrogens (tertiary/aromatic N) is 2. The number of hydrogen-bond donors (Lipinski definition) is 1. The maximum Gasteiger partial charge on any atom is 0.257 e. The number of amides is 2. The molecule has 0 radical (unpaired) electrons. The maximum absolute atomic E-state index is 12.4. The third kappa shape index (κ3) is 4.78. The van der Waals surface area contributed by atoms with E-state index < -0.39 is 0 Å². The van der Waals surface area contributed by atoms with Crippen LogP contribution in [0.15, 0.2) is 41.0 Å². The SMILES string of the molecule is Cl.NCc1cc(C(=O)N2CCN(C(=O)Cc3ccc(Cl)cc3)CC2)co1. The van der Waals surface area contributed by atoms with E-state index in [1.165, 1.54) is 6.26 Å². The first-order valence-corrected chi connectivity index (χ1v) is 8.53. The van der Waals surface area contributed by atoms with E-state index in [2.05, 4.69) is 0 Å². The first-order valence-electron chi connectivity index (χ1n) is 8.16. The van der Waals surface area contributed by atoms with Crippen LogP contribution < -0.4 is 5.73 Å². The van der Waals surface area contributed by atoms with Crippen molar-refractivity contribution in [1.29, 1.82) is 0 Å². The highest BCUT2D eigenvalue weighted by atomic mass is 35.5. The molecule has 8 heteroatoms. The van der Waals surface area contributed by atoms with E-state index in [1.54, 1.807) is 28.0 Å². The van der Waals surface area contributed by atoms with Gasteiger partial charge in [0.2, 0.25) is 5.91 Å². The molecule has 2 amide bonds. The van der Waals surface area contributed by atoms with Gasteiger partial charge in [-0.25, -0.2) is 0 Å². The second kappa shape index (κ2) is 9.07. The van der Waals surface area contributed by atoms with Gasteiger partial charge in [0.1, 0.15) is 12.0 Å². The van der Waals surface area contributed by atoms with E-state index in [4.69, 9.17) is 21.8 Å². The van der Waals surface area contributed by atoms with Gasteiger partial charge in [-0.15, -0.1) is 12.4 Å². The number of nitrogens with two attached hydrogens (primary N) is 1. The molecule has 0 bridgehead atoms. The summed E-state index contributed by atoms with van der Waals surface area (Å²) in [5, 5.41) is 0.653. The van der Waals surface area contributed by atoms with Crippen LogP contribution in [0.25, 0.3) is 0 Å². The smallest absolute Gasteiger partial charge is 0.257 e. The Bertz CT molecular complexity index is 753. The summed E-state index contributed by atoms with van der Waals surface area (Å²) in [7, 11) is 0. The highest BCUT2D eigenvalue weighted by Crippen LogP contribution is 2.14. The van der Waals surface area contributed by atoms with Gasteiger partial charge >= 0.3 is 0 Å². The summed E-state index contributed by atoms with van der Waals surface area (Å²) in [5.74, 6) is 0.552. The van der Waals surface area contributed by atoms with Crippen molar-refractivity contribution in [3.8, 4) is 0 Å². The molecule has 2 N–H and O–H groups in total. The van der Waals surface area contributed by atoms with E-state index in [1.807, 2.05) is 12.1 Å². The summed E-state index contributed by atoms with van der Waals surface area (Å²) in [5.41, 5.74) is 6.93. The van der Waals surface area contributed by atoms with Gasteiger partial charge in [-0.2, -0.15) is 0 Å². The lowest BCUT2D eigenvalue weighted by molar-refractivity contribution is -0.131. The number of hydrogen-bond acceptors (Lipinski definition) is 4. The zero-order valence-corrected chi connectivity index (χ0v) is 15.8. The zero-order chi connectivity index (χ0) is 17.8. The zero-order valence-electron chi connectivity index (χ0n) is 14.2. The molecule has 26 heavy (non-hydrogen) atoms. The number of benzene rings is 1. The molecule has 1 aliphatic rings. The average molecular weight is 398 g/mol. The molecule has 1 saturated heterocycles. The Kier molecular flexibility index (Phi) is 7.08. The Morgan fingerprint density at radius 3 is 2.27 bits per heavy atom. The quantitative estimate of drug-likeness (QED) is 0.858. The van der Waals surface area contributed by atoms with Crippen LogP contribution in [0.5, 0.6) is 0 Å². The predicted molar refractivity (Wildman–Crippen MR) is 101 cm³/mol. The fourth-order valence-corrected chi connectivity index (χ4v) is 2.96. The minimum absolute atomic E-state index is 0. The van der Waals surface area contributed by atoms with E-state index in [0.717, 1.165) is 5.56 Å². The summed E-state index contributed by atoms with van der Waals surface area (Å²) in [4.78, 5) is 28.4. The number of piperazine rings is 1. The van der Waals surface area contributed by atoms with Crippen molar-refractivity contribution < 1.29 is 14.0 Å². The van der Waals surface area contributed by atoms with Gasteiger partial charge in [0.15, 0.2) is 0 Å². The van der Waals surface area contributed by atoms with Gasteiger partial charge in [-0.05, 0) is 23.8 Å². The minimum atomic E-state index is -0.0896. The average Bonchev–Trinajstić information content (AvgIpc) is 3.12. The standard InChI is InChI=1S/C18H20ClN3O3.ClH/c19-15-3-1-13(2-4-15)9-17(23)21-5-7-22(8-6-21)18(24)14-10-16(11-20)25-12-14;/h1-4,10,12H,5-9,11,20H2;1H. The highest BCUT2D eigenvalue weighted by molar-refractivity contribution is 6.30. The molecule has 1 aliphatic heterocycles. The summed E-state index contributed by atoms with van der Waals surface area (Å²) in [6.07, 6.45) is 1.77. The van der Waals surface area contributed by atoms with Gasteiger partial charge < -0.3 is 20.0 Å². The molecule has 1 fully saturated rings. The normalized spacial score (nSPS) is 14.1. The van der Waals surface area contributed by atoms with Gasteiger partial charge in [-0.3, -0.25) is 9.59 Å². The van der Waals surface area contributed by atoms with Gasteiger partial charge in [0.25, 0.3) is 5.91 Å². The number of carbonyl (C=O) groups excluding carboxylic acids is 2. The van der Waals surface area contributed by atoms with E-state index >= 15 is 0 Å². The Labute approximate surface area is 163 Å². The Morgan fingerprint density at radius 2 is 1.69 bits per heavy atom. The third-order valence-electron chi connectivity index (χ3n) is 4.29. The van der Waals surface area contributed by atoms with E-state index in [0.29, 0.717) is 48.9 Å². The van der Waals surface area contributed by atoms with Crippen LogP contribution in [0.2, 0.25) is 5.02 Å². The Balaban J connectivity index is 0.00000243. The third-order valence-corrected chi connectivity index (χ3v) is 4.54. The molecule has 6 nitrogen and oxygen atoms in total. The molecular formula is C18H21Cl2N3O3. The van der Waals surface area contributed by atoms with Crippen molar-refractivity contribution in [2.75, 3.05) is 26.2 Å². The molecule has 0 saturated carbocycles. The Morgan fingerprint density at radius 1 is 1.08 bits per heavy atom. The van der Waals surface area contributed by atoms with Crippen LogP contribution in [-0.4, -0.2) is 47.8 Å². The second-order valence-electron chi connectivity index (χ2n) is 5.98. The summed E-state index contributed by atoms with van der Waals surface area (Å²) < 4.78 is 5.21. The topological polar surface area (TPSA) is 79.8 Å². The fourth-order valence-electron chi connectivity index (χ4n) is 2.83. The van der Waals surface area contributed by atoms with Crippen LogP contribution in [0.3, 0.4) is 0 Å². The van der Waals surface area contributed by atoms with Crippen molar-refractivity contribution in [3.63, 3.8) is 0 Å². The van der Waals surface area contributed by atoms with Gasteiger partial charge in [-0.1, -0.05) is 23.7 Å². The maximum atomic E-state index is 12.4. The van der Waals surface area contributed by atoms with Crippen LogP contribution in [0.4, 0.5) is 0 Å². The van der Waals surface area contributed by atoms with Crippen molar-refractivity contribution in [2.45, 2.75) is 13.0 Å². The largest absolute Gasteiger partial charge is 0.467 e. The monoisotopic (exact) mass is 397 g/mol.